The molecule has 0 fully saturated rings. The lowest BCUT2D eigenvalue weighted by molar-refractivity contribution is -0.128. The lowest BCUT2D eigenvalue weighted by Crippen LogP contribution is -2.32. The van der Waals surface area contributed by atoms with Crippen molar-refractivity contribution in [3.05, 3.63) is 65.7 Å². The Labute approximate surface area is 158 Å². The molecule has 0 atom stereocenters. The molecule has 3 rings (SSSR count). The summed E-state index contributed by atoms with van der Waals surface area (Å²) in [7, 11) is 1.74. The minimum absolute atomic E-state index is 0. The van der Waals surface area contributed by atoms with Crippen molar-refractivity contribution in [3.63, 3.8) is 0 Å². The molecule has 1 amide bonds. The van der Waals surface area contributed by atoms with Gasteiger partial charge in [0.15, 0.2) is 0 Å². The topological polar surface area (TPSA) is 89.9 Å². The lowest BCUT2D eigenvalue weighted by atomic mass is 10.1. The molecule has 0 unspecified atom stereocenters. The van der Waals surface area contributed by atoms with Gasteiger partial charge in [0.1, 0.15) is 0 Å². The van der Waals surface area contributed by atoms with E-state index in [4.69, 9.17) is 5.73 Å². The highest BCUT2D eigenvalue weighted by Crippen LogP contribution is 2.13. The predicted octanol–water partition coefficient (Wildman–Crippen LogP) is 1.73. The summed E-state index contributed by atoms with van der Waals surface area (Å²) >= 11 is 0. The van der Waals surface area contributed by atoms with Crippen molar-refractivity contribution in [1.82, 2.24) is 25.1 Å². The van der Waals surface area contributed by atoms with Crippen LogP contribution in [-0.4, -0.2) is 44.6 Å². The third-order valence-electron chi connectivity index (χ3n) is 3.82. The van der Waals surface area contributed by atoms with E-state index >= 15 is 0 Å². The first-order valence-corrected chi connectivity index (χ1v) is 8.01. The van der Waals surface area contributed by atoms with Gasteiger partial charge in [-0.05, 0) is 16.3 Å². The molecule has 1 heterocycles. The number of benzene rings is 2. The van der Waals surface area contributed by atoms with Crippen molar-refractivity contribution >= 4 is 18.3 Å². The van der Waals surface area contributed by atoms with Gasteiger partial charge < -0.3 is 10.6 Å². The van der Waals surface area contributed by atoms with E-state index in [1.807, 2.05) is 54.6 Å². The summed E-state index contributed by atoms with van der Waals surface area (Å²) < 4.78 is 0. The fourth-order valence-corrected chi connectivity index (χ4v) is 2.52. The molecule has 0 saturated heterocycles. The average Bonchev–Trinajstić information content (AvgIpc) is 3.10. The van der Waals surface area contributed by atoms with Crippen molar-refractivity contribution < 1.29 is 4.79 Å². The Morgan fingerprint density at radius 3 is 2.58 bits per heavy atom. The maximum absolute atomic E-state index is 11.6. The van der Waals surface area contributed by atoms with E-state index < -0.39 is 0 Å². The molecule has 3 aromatic rings. The molecule has 0 aliphatic heterocycles. The van der Waals surface area contributed by atoms with Crippen LogP contribution in [0.25, 0.3) is 11.4 Å². The molecular weight excluding hydrogens is 352 g/mol. The monoisotopic (exact) mass is 372 g/mol. The van der Waals surface area contributed by atoms with Gasteiger partial charge in [-0.2, -0.15) is 4.80 Å². The Kier molecular flexibility index (Phi) is 6.82. The average molecular weight is 373 g/mol. The first-order valence-electron chi connectivity index (χ1n) is 8.01. The summed E-state index contributed by atoms with van der Waals surface area (Å²) in [4.78, 5) is 14.8. The normalized spacial score (nSPS) is 10.2. The molecule has 7 nitrogen and oxygen atoms in total. The second-order valence-corrected chi connectivity index (χ2v) is 5.78. The first-order chi connectivity index (χ1) is 12.2. The summed E-state index contributed by atoms with van der Waals surface area (Å²) in [5.74, 6) is 0.515. The molecule has 1 aromatic heterocycles. The van der Waals surface area contributed by atoms with Crippen LogP contribution in [0, 0.1) is 0 Å². The van der Waals surface area contributed by atoms with Gasteiger partial charge in [-0.15, -0.1) is 22.6 Å². The standard InChI is InChI=1S/C18H20N6O.ClH/c1-23(17(25)11-19)12-14-6-5-7-15(10-14)13-24-21-18(20-22-24)16-8-3-2-4-9-16;/h2-10H,11-13,19H2,1H3;1H. The Bertz CT molecular complexity index is 852. The van der Waals surface area contributed by atoms with Crippen LogP contribution < -0.4 is 5.73 Å². The lowest BCUT2D eigenvalue weighted by Gasteiger charge is -2.16. The molecule has 0 aliphatic carbocycles. The van der Waals surface area contributed by atoms with E-state index in [9.17, 15) is 4.79 Å². The van der Waals surface area contributed by atoms with E-state index in [-0.39, 0.29) is 24.9 Å². The van der Waals surface area contributed by atoms with E-state index in [2.05, 4.69) is 15.4 Å². The van der Waals surface area contributed by atoms with Crippen molar-refractivity contribution in [1.29, 1.82) is 0 Å². The van der Waals surface area contributed by atoms with Crippen LogP contribution in [0.4, 0.5) is 0 Å². The highest BCUT2D eigenvalue weighted by molar-refractivity contribution is 5.85. The molecule has 2 N–H and O–H groups in total. The highest BCUT2D eigenvalue weighted by atomic mass is 35.5. The largest absolute Gasteiger partial charge is 0.340 e. The number of carbonyl (C=O) groups is 1. The minimum Gasteiger partial charge on any atom is -0.340 e. The quantitative estimate of drug-likeness (QED) is 0.711. The van der Waals surface area contributed by atoms with Crippen molar-refractivity contribution in [3.8, 4) is 11.4 Å². The van der Waals surface area contributed by atoms with Crippen LogP contribution >= 0.6 is 12.4 Å². The number of hydrogen-bond acceptors (Lipinski definition) is 5. The van der Waals surface area contributed by atoms with Gasteiger partial charge in [0.25, 0.3) is 0 Å². The van der Waals surface area contributed by atoms with Crippen LogP contribution in [0.1, 0.15) is 11.1 Å². The number of carbonyl (C=O) groups excluding carboxylic acids is 1. The minimum atomic E-state index is -0.0872. The number of nitrogens with two attached hydrogens (primary N) is 1. The molecular formula is C18H21ClN6O. The number of amides is 1. The Morgan fingerprint density at radius 1 is 1.12 bits per heavy atom. The molecule has 26 heavy (non-hydrogen) atoms. The number of nitrogens with zero attached hydrogens (tertiary/aromatic N) is 5. The van der Waals surface area contributed by atoms with Gasteiger partial charge in [-0.25, -0.2) is 0 Å². The molecule has 8 heteroatoms. The van der Waals surface area contributed by atoms with Gasteiger partial charge in [0.05, 0.1) is 13.1 Å². The van der Waals surface area contributed by atoms with Crippen LogP contribution in [0.2, 0.25) is 0 Å². The SMILES string of the molecule is CN(Cc1cccc(Cn2nnc(-c3ccccc3)n2)c1)C(=O)CN.Cl. The van der Waals surface area contributed by atoms with E-state index in [1.54, 1.807) is 16.7 Å². The number of likely N-dealkylation sites (N-methyl/N-ethyl adjacent to an activating group) is 1. The van der Waals surface area contributed by atoms with Gasteiger partial charge in [0.2, 0.25) is 11.7 Å². The summed E-state index contributed by atoms with van der Waals surface area (Å²) in [5, 5.41) is 12.6. The smallest absolute Gasteiger partial charge is 0.236 e. The maximum Gasteiger partial charge on any atom is 0.236 e. The molecule has 136 valence electrons. The Balaban J connectivity index is 0.00000243. The van der Waals surface area contributed by atoms with Gasteiger partial charge >= 0.3 is 0 Å². The zero-order chi connectivity index (χ0) is 17.6. The Hall–Kier alpha value is -2.77. The fraction of sp³-hybridized carbons (Fsp3) is 0.222. The summed E-state index contributed by atoms with van der Waals surface area (Å²) in [6.45, 7) is 1.05. The van der Waals surface area contributed by atoms with Crippen LogP contribution in [0.3, 0.4) is 0 Å². The van der Waals surface area contributed by atoms with E-state index in [0.717, 1.165) is 16.7 Å². The molecule has 0 saturated carbocycles. The molecule has 0 radical (unpaired) electrons. The summed E-state index contributed by atoms with van der Waals surface area (Å²) in [5.41, 5.74) is 8.40. The van der Waals surface area contributed by atoms with Gasteiger partial charge in [-0.1, -0.05) is 54.6 Å². The Morgan fingerprint density at radius 2 is 1.85 bits per heavy atom. The zero-order valence-electron chi connectivity index (χ0n) is 14.4. The maximum atomic E-state index is 11.6. The predicted molar refractivity (Wildman–Crippen MR) is 102 cm³/mol. The van der Waals surface area contributed by atoms with E-state index in [1.165, 1.54) is 0 Å². The molecule has 0 aliphatic rings. The zero-order valence-corrected chi connectivity index (χ0v) is 15.3. The molecule has 0 spiro atoms. The first kappa shape index (κ1) is 19.6. The fourth-order valence-electron chi connectivity index (χ4n) is 2.52. The second kappa shape index (κ2) is 9.07. The third kappa shape index (κ3) is 4.87. The third-order valence-corrected chi connectivity index (χ3v) is 3.82. The molecule has 0 bridgehead atoms. The van der Waals surface area contributed by atoms with Crippen molar-refractivity contribution in [2.45, 2.75) is 13.1 Å². The van der Waals surface area contributed by atoms with Crippen molar-refractivity contribution in [2.24, 2.45) is 5.73 Å². The van der Waals surface area contributed by atoms with Crippen LogP contribution in [0.5, 0.6) is 0 Å². The molecule has 2 aromatic carbocycles. The highest BCUT2D eigenvalue weighted by Gasteiger charge is 2.09. The number of aromatic nitrogens is 4. The van der Waals surface area contributed by atoms with Crippen molar-refractivity contribution in [2.75, 3.05) is 13.6 Å². The number of tetrazole rings is 1. The second-order valence-electron chi connectivity index (χ2n) is 5.78. The van der Waals surface area contributed by atoms with Crippen LogP contribution in [0.15, 0.2) is 54.6 Å². The number of rotatable bonds is 6. The number of halogens is 1. The number of hydrogen-bond donors (Lipinski definition) is 1. The van der Waals surface area contributed by atoms with E-state index in [0.29, 0.717) is 18.9 Å². The van der Waals surface area contributed by atoms with Crippen LogP contribution in [-0.2, 0) is 17.9 Å². The summed E-state index contributed by atoms with van der Waals surface area (Å²) in [6.07, 6.45) is 0. The van der Waals surface area contributed by atoms with Gasteiger partial charge in [0, 0.05) is 19.2 Å². The van der Waals surface area contributed by atoms with Gasteiger partial charge in [-0.3, -0.25) is 4.79 Å². The summed E-state index contributed by atoms with van der Waals surface area (Å²) in [6, 6.07) is 17.7.